The Morgan fingerprint density at radius 2 is 2.14 bits per heavy atom. The minimum Gasteiger partial charge on any atom is -0.412 e. The molecule has 0 bridgehead atoms. The lowest BCUT2D eigenvalue weighted by Crippen LogP contribution is -1.95. The summed E-state index contributed by atoms with van der Waals surface area (Å²) in [5, 5.41) is 0. The lowest BCUT2D eigenvalue weighted by atomic mass is 9.94. The van der Waals surface area contributed by atoms with Crippen molar-refractivity contribution in [3.8, 4) is 0 Å². The van der Waals surface area contributed by atoms with Crippen LogP contribution in [-0.4, -0.2) is 5.48 Å². The second-order valence-electron chi connectivity index (χ2n) is 3.72. The van der Waals surface area contributed by atoms with Crippen LogP contribution in [0.3, 0.4) is 0 Å². The maximum atomic E-state index is 2.34. The van der Waals surface area contributed by atoms with Gasteiger partial charge in [-0.05, 0) is 36.0 Å². The van der Waals surface area contributed by atoms with E-state index in [2.05, 4.69) is 37.3 Å². The maximum Gasteiger partial charge on any atom is -0.0225 e. The lowest BCUT2D eigenvalue weighted by Gasteiger charge is -2.11. The van der Waals surface area contributed by atoms with Crippen LogP contribution in [0, 0.1) is 0 Å². The van der Waals surface area contributed by atoms with Crippen molar-refractivity contribution in [1.29, 1.82) is 0 Å². The van der Waals surface area contributed by atoms with Gasteiger partial charge in [-0.25, -0.2) is 0 Å². The highest BCUT2D eigenvalue weighted by Gasteiger charge is 2.04. The topological polar surface area (TPSA) is 31.5 Å². The van der Waals surface area contributed by atoms with E-state index in [1.54, 1.807) is 0 Å². The minimum atomic E-state index is 0. The molecule has 0 radical (unpaired) electrons. The molecule has 0 saturated carbocycles. The SMILES string of the molecule is CCCc1ccc2c(c1)C=CCC2.O. The van der Waals surface area contributed by atoms with Gasteiger partial charge in [-0.2, -0.15) is 0 Å². The van der Waals surface area contributed by atoms with E-state index in [9.17, 15) is 0 Å². The van der Waals surface area contributed by atoms with Gasteiger partial charge in [0, 0.05) is 0 Å². The van der Waals surface area contributed by atoms with Crippen molar-refractivity contribution in [3.05, 3.63) is 41.0 Å². The van der Waals surface area contributed by atoms with Gasteiger partial charge < -0.3 is 5.48 Å². The first-order valence-electron chi connectivity index (χ1n) is 5.18. The Morgan fingerprint density at radius 1 is 1.29 bits per heavy atom. The molecule has 0 spiro atoms. The van der Waals surface area contributed by atoms with Crippen LogP contribution in [0.25, 0.3) is 6.08 Å². The standard InChI is InChI=1S/C13H16.H2O/c1-2-5-11-8-9-12-6-3-4-7-13(12)10-11;/h4,7-10H,2-3,5-6H2,1H3;1H2. The molecule has 14 heavy (non-hydrogen) atoms. The normalized spacial score (nSPS) is 13.2. The van der Waals surface area contributed by atoms with Crippen molar-refractivity contribution in [2.45, 2.75) is 32.6 Å². The molecule has 0 unspecified atom stereocenters. The molecule has 1 aliphatic carbocycles. The summed E-state index contributed by atoms with van der Waals surface area (Å²) in [6.07, 6.45) is 9.41. The summed E-state index contributed by atoms with van der Waals surface area (Å²) in [4.78, 5) is 0. The Bertz CT molecular complexity index is 326. The molecule has 1 aliphatic rings. The van der Waals surface area contributed by atoms with Crippen LogP contribution >= 0.6 is 0 Å². The summed E-state index contributed by atoms with van der Waals surface area (Å²) >= 11 is 0. The molecule has 0 aliphatic heterocycles. The molecule has 2 N–H and O–H groups in total. The van der Waals surface area contributed by atoms with Crippen molar-refractivity contribution in [2.75, 3.05) is 0 Å². The molecule has 1 aromatic carbocycles. The minimum absolute atomic E-state index is 0. The zero-order valence-electron chi connectivity index (χ0n) is 8.72. The number of rotatable bonds is 2. The average Bonchev–Trinajstić information content (AvgIpc) is 2.18. The van der Waals surface area contributed by atoms with E-state index in [1.165, 1.54) is 42.4 Å². The summed E-state index contributed by atoms with van der Waals surface area (Å²) in [7, 11) is 0. The van der Waals surface area contributed by atoms with Gasteiger partial charge in [0.1, 0.15) is 0 Å². The molecule has 1 aromatic rings. The molecule has 2 rings (SSSR count). The largest absolute Gasteiger partial charge is 0.412 e. The highest BCUT2D eigenvalue weighted by atomic mass is 16.0. The van der Waals surface area contributed by atoms with Crippen LogP contribution in [0.4, 0.5) is 0 Å². The van der Waals surface area contributed by atoms with Gasteiger partial charge in [0.15, 0.2) is 0 Å². The third-order valence-electron chi connectivity index (χ3n) is 2.63. The van der Waals surface area contributed by atoms with E-state index in [1.807, 2.05) is 0 Å². The highest BCUT2D eigenvalue weighted by Crippen LogP contribution is 2.20. The quantitative estimate of drug-likeness (QED) is 0.687. The van der Waals surface area contributed by atoms with E-state index in [-0.39, 0.29) is 5.48 Å². The highest BCUT2D eigenvalue weighted by molar-refractivity contribution is 5.57. The van der Waals surface area contributed by atoms with E-state index < -0.39 is 0 Å². The molecule has 0 aromatic heterocycles. The Hall–Kier alpha value is -1.08. The summed E-state index contributed by atoms with van der Waals surface area (Å²) in [5.41, 5.74) is 4.44. The summed E-state index contributed by atoms with van der Waals surface area (Å²) in [5.74, 6) is 0. The van der Waals surface area contributed by atoms with Crippen LogP contribution in [0.15, 0.2) is 24.3 Å². The average molecular weight is 190 g/mol. The van der Waals surface area contributed by atoms with Crippen molar-refractivity contribution in [3.63, 3.8) is 0 Å². The fraction of sp³-hybridized carbons (Fsp3) is 0.385. The van der Waals surface area contributed by atoms with Crippen molar-refractivity contribution < 1.29 is 5.48 Å². The fourth-order valence-electron chi connectivity index (χ4n) is 1.92. The van der Waals surface area contributed by atoms with Crippen LogP contribution in [0.2, 0.25) is 0 Å². The first-order valence-corrected chi connectivity index (χ1v) is 5.18. The van der Waals surface area contributed by atoms with Crippen LogP contribution < -0.4 is 0 Å². The molecule has 0 heterocycles. The molecule has 1 nitrogen and oxygen atoms in total. The van der Waals surface area contributed by atoms with Gasteiger partial charge in [-0.1, -0.05) is 43.7 Å². The molecular formula is C13H18O. The van der Waals surface area contributed by atoms with Crippen molar-refractivity contribution >= 4 is 6.08 Å². The van der Waals surface area contributed by atoms with Gasteiger partial charge in [-0.3, -0.25) is 0 Å². The monoisotopic (exact) mass is 190 g/mol. The van der Waals surface area contributed by atoms with Gasteiger partial charge in [-0.15, -0.1) is 0 Å². The van der Waals surface area contributed by atoms with Crippen LogP contribution in [0.5, 0.6) is 0 Å². The third-order valence-corrected chi connectivity index (χ3v) is 2.63. The number of fused-ring (bicyclic) bond motifs is 1. The molecule has 0 fully saturated rings. The first-order chi connectivity index (χ1) is 6.40. The summed E-state index contributed by atoms with van der Waals surface area (Å²) < 4.78 is 0. The van der Waals surface area contributed by atoms with Gasteiger partial charge in [0.25, 0.3) is 0 Å². The smallest absolute Gasteiger partial charge is 0.0225 e. The van der Waals surface area contributed by atoms with E-state index >= 15 is 0 Å². The Morgan fingerprint density at radius 3 is 2.93 bits per heavy atom. The van der Waals surface area contributed by atoms with Gasteiger partial charge in [0.05, 0.1) is 0 Å². The van der Waals surface area contributed by atoms with E-state index in [0.717, 1.165) is 0 Å². The first kappa shape index (κ1) is 11.0. The van der Waals surface area contributed by atoms with Crippen molar-refractivity contribution in [2.24, 2.45) is 0 Å². The summed E-state index contributed by atoms with van der Waals surface area (Å²) in [6.45, 7) is 2.23. The van der Waals surface area contributed by atoms with E-state index in [0.29, 0.717) is 0 Å². The van der Waals surface area contributed by atoms with Crippen LogP contribution in [-0.2, 0) is 12.8 Å². The number of allylic oxidation sites excluding steroid dienone is 1. The number of aryl methyl sites for hydroxylation is 2. The summed E-state index contributed by atoms with van der Waals surface area (Å²) in [6, 6.07) is 6.92. The molecule has 0 saturated heterocycles. The maximum absolute atomic E-state index is 2.34. The van der Waals surface area contributed by atoms with Gasteiger partial charge in [0.2, 0.25) is 0 Å². The molecular weight excluding hydrogens is 172 g/mol. The zero-order valence-corrected chi connectivity index (χ0v) is 8.72. The molecule has 0 amide bonds. The van der Waals surface area contributed by atoms with Crippen molar-refractivity contribution in [1.82, 2.24) is 0 Å². The van der Waals surface area contributed by atoms with E-state index in [4.69, 9.17) is 0 Å². The lowest BCUT2D eigenvalue weighted by molar-refractivity contribution is 0.824. The Balaban J connectivity index is 0.000000980. The number of hydrogen-bond donors (Lipinski definition) is 0. The molecule has 0 atom stereocenters. The second-order valence-corrected chi connectivity index (χ2v) is 3.72. The fourth-order valence-corrected chi connectivity index (χ4v) is 1.92. The second kappa shape index (κ2) is 4.97. The Labute approximate surface area is 85.8 Å². The molecule has 1 heteroatoms. The Kier molecular flexibility index (Phi) is 3.90. The van der Waals surface area contributed by atoms with Gasteiger partial charge >= 0.3 is 0 Å². The predicted octanol–water partition coefficient (Wildman–Crippen LogP) is 2.77. The zero-order chi connectivity index (χ0) is 9.10. The molecule has 76 valence electrons. The predicted molar refractivity (Wildman–Crippen MR) is 61.4 cm³/mol. The van der Waals surface area contributed by atoms with Crippen LogP contribution in [0.1, 0.15) is 36.5 Å². The number of benzene rings is 1. The third kappa shape index (κ3) is 2.24. The number of hydrogen-bond acceptors (Lipinski definition) is 0.